The van der Waals surface area contributed by atoms with Gasteiger partial charge in [-0.05, 0) is 37.0 Å². The van der Waals surface area contributed by atoms with Crippen LogP contribution in [0.15, 0.2) is 42.9 Å². The number of aromatic nitrogens is 2. The quantitative estimate of drug-likeness (QED) is 0.779. The van der Waals surface area contributed by atoms with Crippen LogP contribution >= 0.6 is 0 Å². The summed E-state index contributed by atoms with van der Waals surface area (Å²) in [5, 5.41) is 0. The molecule has 3 fully saturated rings. The summed E-state index contributed by atoms with van der Waals surface area (Å²) < 4.78 is 5.30. The maximum Gasteiger partial charge on any atom is 0.274 e. The molecule has 30 heavy (non-hydrogen) atoms. The van der Waals surface area contributed by atoms with Crippen LogP contribution in [0.5, 0.6) is 5.75 Å². The lowest BCUT2D eigenvalue weighted by atomic mass is 9.81. The van der Waals surface area contributed by atoms with E-state index in [9.17, 15) is 9.59 Å². The highest BCUT2D eigenvalue weighted by molar-refractivity contribution is 5.92. The van der Waals surface area contributed by atoms with Crippen molar-refractivity contribution in [2.24, 2.45) is 11.8 Å². The Kier molecular flexibility index (Phi) is 4.89. The van der Waals surface area contributed by atoms with Crippen LogP contribution in [-0.2, 0) is 4.79 Å². The van der Waals surface area contributed by atoms with Crippen molar-refractivity contribution in [3.05, 3.63) is 54.1 Å². The number of carbonyl (C=O) groups excluding carboxylic acids is 2. The Labute approximate surface area is 176 Å². The van der Waals surface area contributed by atoms with Crippen molar-refractivity contribution >= 4 is 11.8 Å². The van der Waals surface area contributed by atoms with E-state index >= 15 is 0 Å². The molecule has 0 bridgehead atoms. The molecular weight excluding hydrogens is 380 g/mol. The highest BCUT2D eigenvalue weighted by atomic mass is 16.5. The first-order valence-corrected chi connectivity index (χ1v) is 10.7. The van der Waals surface area contributed by atoms with Gasteiger partial charge in [0.2, 0.25) is 5.91 Å². The summed E-state index contributed by atoms with van der Waals surface area (Å²) in [6, 6.07) is 8.32. The Morgan fingerprint density at radius 3 is 2.53 bits per heavy atom. The number of amides is 2. The van der Waals surface area contributed by atoms with Crippen LogP contribution in [0.4, 0.5) is 0 Å². The van der Waals surface area contributed by atoms with E-state index < -0.39 is 0 Å². The number of benzene rings is 1. The zero-order valence-corrected chi connectivity index (χ0v) is 17.1. The van der Waals surface area contributed by atoms with E-state index in [1.165, 1.54) is 11.8 Å². The van der Waals surface area contributed by atoms with Gasteiger partial charge in [0.25, 0.3) is 5.91 Å². The maximum atomic E-state index is 13.0. The van der Waals surface area contributed by atoms with Crippen molar-refractivity contribution in [2.45, 2.75) is 31.2 Å². The van der Waals surface area contributed by atoms with Gasteiger partial charge in [-0.1, -0.05) is 12.1 Å². The fourth-order valence-corrected chi connectivity index (χ4v) is 5.01. The first-order valence-electron chi connectivity index (χ1n) is 10.7. The third-order valence-corrected chi connectivity index (χ3v) is 6.75. The molecule has 2 aliphatic heterocycles. The van der Waals surface area contributed by atoms with Gasteiger partial charge in [0, 0.05) is 55.8 Å². The monoisotopic (exact) mass is 406 g/mol. The van der Waals surface area contributed by atoms with E-state index in [1.807, 2.05) is 17.0 Å². The maximum absolute atomic E-state index is 13.0. The number of hydrogen-bond acceptors (Lipinski definition) is 5. The molecule has 2 saturated heterocycles. The Balaban J connectivity index is 1.41. The molecule has 2 amide bonds. The molecule has 0 unspecified atom stereocenters. The molecule has 1 aliphatic carbocycles. The Hall–Kier alpha value is -2.96. The third kappa shape index (κ3) is 3.42. The normalized spacial score (nSPS) is 25.7. The number of fused-ring (bicyclic) bond motifs is 1. The second-order valence-corrected chi connectivity index (χ2v) is 8.51. The van der Waals surface area contributed by atoms with Crippen LogP contribution in [0.3, 0.4) is 0 Å². The van der Waals surface area contributed by atoms with Crippen LogP contribution in [0.2, 0.25) is 0 Å². The molecule has 1 saturated carbocycles. The van der Waals surface area contributed by atoms with Crippen molar-refractivity contribution in [2.75, 3.05) is 26.7 Å². The lowest BCUT2D eigenvalue weighted by Gasteiger charge is -2.39. The van der Waals surface area contributed by atoms with E-state index in [0.29, 0.717) is 24.7 Å². The molecule has 156 valence electrons. The molecule has 3 aliphatic rings. The predicted octanol–water partition coefficient (Wildman–Crippen LogP) is 2.35. The molecule has 5 rings (SSSR count). The summed E-state index contributed by atoms with van der Waals surface area (Å²) in [6.45, 7) is 2.00. The molecule has 0 N–H and O–H groups in total. The van der Waals surface area contributed by atoms with Crippen LogP contribution in [-0.4, -0.2) is 64.4 Å². The average molecular weight is 406 g/mol. The fourth-order valence-electron chi connectivity index (χ4n) is 5.01. The molecule has 7 heteroatoms. The van der Waals surface area contributed by atoms with Crippen LogP contribution in [0.25, 0.3) is 0 Å². The summed E-state index contributed by atoms with van der Waals surface area (Å²) >= 11 is 0. The van der Waals surface area contributed by atoms with Crippen molar-refractivity contribution < 1.29 is 14.3 Å². The molecular formula is C23H26N4O3. The summed E-state index contributed by atoms with van der Waals surface area (Å²) in [5.41, 5.74) is 1.58. The molecule has 7 nitrogen and oxygen atoms in total. The van der Waals surface area contributed by atoms with Crippen molar-refractivity contribution in [1.82, 2.24) is 19.8 Å². The van der Waals surface area contributed by atoms with Crippen LogP contribution < -0.4 is 4.74 Å². The molecule has 3 atom stereocenters. The number of rotatable bonds is 4. The van der Waals surface area contributed by atoms with E-state index in [-0.39, 0.29) is 29.7 Å². The van der Waals surface area contributed by atoms with Crippen molar-refractivity contribution in [3.8, 4) is 5.75 Å². The van der Waals surface area contributed by atoms with Gasteiger partial charge in [-0.2, -0.15) is 0 Å². The van der Waals surface area contributed by atoms with Gasteiger partial charge >= 0.3 is 0 Å². The number of methoxy groups -OCH3 is 1. The minimum atomic E-state index is -0.0815. The number of likely N-dealkylation sites (tertiary alicyclic amines) is 2. The number of nitrogens with zero attached hydrogens (tertiary/aromatic N) is 4. The van der Waals surface area contributed by atoms with Crippen molar-refractivity contribution in [1.29, 1.82) is 0 Å². The molecule has 0 spiro atoms. The summed E-state index contributed by atoms with van der Waals surface area (Å²) in [5.74, 6) is 1.68. The van der Waals surface area contributed by atoms with E-state index in [0.717, 1.165) is 31.6 Å². The summed E-state index contributed by atoms with van der Waals surface area (Å²) in [6.07, 6.45) is 7.47. The van der Waals surface area contributed by atoms with Crippen LogP contribution in [0, 0.1) is 11.8 Å². The minimum Gasteiger partial charge on any atom is -0.497 e. The molecule has 0 radical (unpaired) electrons. The summed E-state index contributed by atoms with van der Waals surface area (Å²) in [7, 11) is 1.66. The average Bonchev–Trinajstić information content (AvgIpc) is 3.59. The molecule has 1 aromatic carbocycles. The second kappa shape index (κ2) is 7.70. The summed E-state index contributed by atoms with van der Waals surface area (Å²) in [4.78, 5) is 38.2. The van der Waals surface area contributed by atoms with Gasteiger partial charge < -0.3 is 14.5 Å². The van der Waals surface area contributed by atoms with E-state index in [4.69, 9.17) is 4.74 Å². The van der Waals surface area contributed by atoms with Gasteiger partial charge in [0.15, 0.2) is 0 Å². The van der Waals surface area contributed by atoms with Gasteiger partial charge in [0.1, 0.15) is 11.4 Å². The first kappa shape index (κ1) is 19.0. The second-order valence-electron chi connectivity index (χ2n) is 8.51. The number of hydrogen-bond donors (Lipinski definition) is 0. The largest absolute Gasteiger partial charge is 0.497 e. The van der Waals surface area contributed by atoms with Crippen LogP contribution in [0.1, 0.15) is 41.2 Å². The Morgan fingerprint density at radius 1 is 1.07 bits per heavy atom. The standard InChI is InChI=1S/C23H26N4O3/c1-30-17-6-4-15(5-7-17)18-14-27(22(28)16-2-3-16)21-8-11-26(13-19(18)21)23(29)20-12-24-9-10-25-20/h4-7,9-10,12,16,18-19,21H,2-3,8,11,13-14H2,1H3/t18-,19-,21-/m0/s1. The zero-order valence-electron chi connectivity index (χ0n) is 17.1. The molecule has 1 aromatic heterocycles. The van der Waals surface area contributed by atoms with E-state index in [1.54, 1.807) is 19.5 Å². The fraction of sp³-hybridized carbons (Fsp3) is 0.478. The van der Waals surface area contributed by atoms with Gasteiger partial charge in [0.05, 0.1) is 13.3 Å². The first-order chi connectivity index (χ1) is 14.7. The minimum absolute atomic E-state index is 0.0815. The smallest absolute Gasteiger partial charge is 0.274 e. The predicted molar refractivity (Wildman–Crippen MR) is 110 cm³/mol. The molecule has 2 aromatic rings. The highest BCUT2D eigenvalue weighted by Crippen LogP contribution is 2.44. The van der Waals surface area contributed by atoms with Gasteiger partial charge in [-0.15, -0.1) is 0 Å². The SMILES string of the molecule is COc1ccc([C@@H]2CN(C(=O)C3CC3)[C@H]3CCN(C(=O)c4cnccn4)C[C@@H]23)cc1. The highest BCUT2D eigenvalue weighted by Gasteiger charge is 2.50. The number of carbonyl (C=O) groups is 2. The Morgan fingerprint density at radius 2 is 1.87 bits per heavy atom. The topological polar surface area (TPSA) is 75.6 Å². The molecule has 3 heterocycles. The third-order valence-electron chi connectivity index (χ3n) is 6.75. The Bertz CT molecular complexity index is 929. The number of piperidine rings is 1. The lowest BCUT2D eigenvalue weighted by Crippen LogP contribution is -2.50. The zero-order chi connectivity index (χ0) is 20.7. The van der Waals surface area contributed by atoms with E-state index in [2.05, 4.69) is 27.0 Å². The lowest BCUT2D eigenvalue weighted by molar-refractivity contribution is -0.134. The van der Waals surface area contributed by atoms with Gasteiger partial charge in [-0.25, -0.2) is 4.98 Å². The van der Waals surface area contributed by atoms with Gasteiger partial charge in [-0.3, -0.25) is 14.6 Å². The van der Waals surface area contributed by atoms with Crippen molar-refractivity contribution in [3.63, 3.8) is 0 Å². The number of ether oxygens (including phenoxy) is 1.